The van der Waals surface area contributed by atoms with Gasteiger partial charge in [-0.15, -0.1) is 0 Å². The molecule has 0 spiro atoms. The van der Waals surface area contributed by atoms with Gasteiger partial charge >= 0.3 is 0 Å². The Kier molecular flexibility index (Phi) is 6.81. The summed E-state index contributed by atoms with van der Waals surface area (Å²) < 4.78 is 11.8. The van der Waals surface area contributed by atoms with Gasteiger partial charge in [0.25, 0.3) is 0 Å². The number of rotatable bonds is 9. The number of hydrogen-bond acceptors (Lipinski definition) is 3. The molecule has 0 atom stereocenters. The molecule has 24 heavy (non-hydrogen) atoms. The summed E-state index contributed by atoms with van der Waals surface area (Å²) >= 11 is 0. The fraction of sp³-hybridized carbons (Fsp3) is 0.650. The van der Waals surface area contributed by atoms with Crippen molar-refractivity contribution in [3.63, 3.8) is 0 Å². The summed E-state index contributed by atoms with van der Waals surface area (Å²) in [5.74, 6) is 0. The Balaban J connectivity index is 2.17. The topological polar surface area (TPSA) is 34.1 Å². The number of aryl methyl sites for hydroxylation is 2. The average Bonchev–Trinajstić information content (AvgIpc) is 2.54. The van der Waals surface area contributed by atoms with E-state index in [0.717, 1.165) is 25.3 Å². The maximum atomic E-state index is 6.27. The van der Waals surface area contributed by atoms with Crippen LogP contribution in [-0.4, -0.2) is 44.7 Å². The number of ether oxygens (including phenoxy) is 2. The van der Waals surface area contributed by atoms with E-state index in [1.54, 1.807) is 0 Å². The standard InChI is InChI=1S/C20H32N2O2/c1-6-8-9-10-24-20(13-23-14-20)18-11-17(4)19(12-16(18)3)21-15-22(5)7-2/h11-12,15H,6-10,13-14H2,1-5H3. The van der Waals surface area contributed by atoms with Gasteiger partial charge in [-0.25, -0.2) is 4.99 Å². The lowest BCUT2D eigenvalue weighted by Gasteiger charge is -2.42. The van der Waals surface area contributed by atoms with Crippen LogP contribution in [0, 0.1) is 13.8 Å². The van der Waals surface area contributed by atoms with Crippen LogP contribution in [-0.2, 0) is 15.1 Å². The maximum Gasteiger partial charge on any atom is 0.140 e. The van der Waals surface area contributed by atoms with E-state index < -0.39 is 0 Å². The molecule has 1 aliphatic heterocycles. The highest BCUT2D eigenvalue weighted by Gasteiger charge is 2.42. The molecule has 4 nitrogen and oxygen atoms in total. The minimum atomic E-state index is -0.259. The summed E-state index contributed by atoms with van der Waals surface area (Å²) in [4.78, 5) is 6.69. The third kappa shape index (κ3) is 4.37. The fourth-order valence-corrected chi connectivity index (χ4v) is 2.90. The highest BCUT2D eigenvalue weighted by molar-refractivity contribution is 5.64. The molecule has 0 saturated carbocycles. The van der Waals surface area contributed by atoms with Crippen LogP contribution in [0.2, 0.25) is 0 Å². The van der Waals surface area contributed by atoms with Gasteiger partial charge in [-0.3, -0.25) is 0 Å². The molecule has 0 aliphatic carbocycles. The molecular formula is C20H32N2O2. The lowest BCUT2D eigenvalue weighted by molar-refractivity contribution is -0.217. The lowest BCUT2D eigenvalue weighted by Crippen LogP contribution is -2.49. The zero-order valence-corrected chi connectivity index (χ0v) is 15.9. The van der Waals surface area contributed by atoms with Crippen LogP contribution in [0.5, 0.6) is 0 Å². The third-order valence-corrected chi connectivity index (χ3v) is 4.72. The second-order valence-electron chi connectivity index (χ2n) is 6.81. The highest BCUT2D eigenvalue weighted by atomic mass is 16.6. The second kappa shape index (κ2) is 8.63. The van der Waals surface area contributed by atoms with E-state index in [1.807, 2.05) is 13.4 Å². The first-order valence-corrected chi connectivity index (χ1v) is 9.10. The van der Waals surface area contributed by atoms with Crippen LogP contribution in [0.3, 0.4) is 0 Å². The van der Waals surface area contributed by atoms with Crippen LogP contribution >= 0.6 is 0 Å². The molecule has 134 valence electrons. The first kappa shape index (κ1) is 18.9. The molecule has 0 aromatic heterocycles. The molecule has 0 amide bonds. The number of hydrogen-bond donors (Lipinski definition) is 0. The summed E-state index contributed by atoms with van der Waals surface area (Å²) in [5, 5.41) is 0. The molecule has 2 rings (SSSR count). The van der Waals surface area contributed by atoms with Gasteiger partial charge in [0.1, 0.15) is 5.60 Å². The van der Waals surface area contributed by atoms with Crippen LogP contribution < -0.4 is 0 Å². The van der Waals surface area contributed by atoms with Gasteiger partial charge in [-0.1, -0.05) is 25.8 Å². The second-order valence-corrected chi connectivity index (χ2v) is 6.81. The Morgan fingerprint density at radius 3 is 2.54 bits per heavy atom. The predicted molar refractivity (Wildman–Crippen MR) is 100 cm³/mol. The van der Waals surface area contributed by atoms with E-state index in [-0.39, 0.29) is 5.60 Å². The molecule has 1 heterocycles. The van der Waals surface area contributed by atoms with E-state index in [1.165, 1.54) is 29.5 Å². The van der Waals surface area contributed by atoms with Gasteiger partial charge in [-0.2, -0.15) is 0 Å². The molecule has 1 saturated heterocycles. The Labute approximate surface area is 146 Å². The number of nitrogens with zero attached hydrogens (tertiary/aromatic N) is 2. The Hall–Kier alpha value is -1.39. The minimum Gasteiger partial charge on any atom is -0.375 e. The molecule has 4 heteroatoms. The zero-order chi connectivity index (χ0) is 17.6. The van der Waals surface area contributed by atoms with Gasteiger partial charge in [0.2, 0.25) is 0 Å². The molecule has 1 aliphatic rings. The SMILES string of the molecule is CCCCCOC1(c2cc(C)c(N=CN(C)CC)cc2C)COC1. The summed E-state index contributed by atoms with van der Waals surface area (Å²) in [6.45, 7) is 11.6. The molecular weight excluding hydrogens is 300 g/mol. The predicted octanol–water partition coefficient (Wildman–Crippen LogP) is 4.35. The normalized spacial score (nSPS) is 16.4. The molecule has 1 aromatic carbocycles. The van der Waals surface area contributed by atoms with Crippen molar-refractivity contribution in [2.45, 2.75) is 52.6 Å². The number of benzene rings is 1. The van der Waals surface area contributed by atoms with Gasteiger partial charge < -0.3 is 14.4 Å². The van der Waals surface area contributed by atoms with E-state index in [0.29, 0.717) is 13.2 Å². The van der Waals surface area contributed by atoms with Crippen molar-refractivity contribution in [3.8, 4) is 0 Å². The smallest absolute Gasteiger partial charge is 0.140 e. The van der Waals surface area contributed by atoms with E-state index in [2.05, 4.69) is 49.7 Å². The van der Waals surface area contributed by atoms with Crippen molar-refractivity contribution in [1.29, 1.82) is 0 Å². The minimum absolute atomic E-state index is 0.259. The molecule has 1 aromatic rings. The largest absolute Gasteiger partial charge is 0.375 e. The summed E-state index contributed by atoms with van der Waals surface area (Å²) in [5.41, 5.74) is 4.43. The summed E-state index contributed by atoms with van der Waals surface area (Å²) in [6, 6.07) is 4.40. The zero-order valence-electron chi connectivity index (χ0n) is 15.9. The molecule has 0 bridgehead atoms. The van der Waals surface area contributed by atoms with Crippen molar-refractivity contribution >= 4 is 12.0 Å². The summed E-state index contributed by atoms with van der Waals surface area (Å²) in [7, 11) is 2.03. The summed E-state index contributed by atoms with van der Waals surface area (Å²) in [6.07, 6.45) is 5.43. The van der Waals surface area contributed by atoms with Crippen LogP contribution in [0.15, 0.2) is 17.1 Å². The van der Waals surface area contributed by atoms with Gasteiger partial charge in [-0.05, 0) is 49.9 Å². The van der Waals surface area contributed by atoms with Crippen molar-refractivity contribution in [2.24, 2.45) is 4.99 Å². The van der Waals surface area contributed by atoms with Crippen LogP contribution in [0.1, 0.15) is 49.8 Å². The average molecular weight is 332 g/mol. The monoisotopic (exact) mass is 332 g/mol. The van der Waals surface area contributed by atoms with E-state index >= 15 is 0 Å². The first-order valence-electron chi connectivity index (χ1n) is 9.10. The van der Waals surface area contributed by atoms with Crippen LogP contribution in [0.4, 0.5) is 5.69 Å². The maximum absolute atomic E-state index is 6.27. The Morgan fingerprint density at radius 1 is 1.21 bits per heavy atom. The number of unbranched alkanes of at least 4 members (excludes halogenated alkanes) is 2. The Bertz CT molecular complexity index is 565. The van der Waals surface area contributed by atoms with Crippen molar-refractivity contribution in [3.05, 3.63) is 28.8 Å². The first-order chi connectivity index (χ1) is 11.5. The lowest BCUT2D eigenvalue weighted by atomic mass is 9.86. The van der Waals surface area contributed by atoms with E-state index in [9.17, 15) is 0 Å². The highest BCUT2D eigenvalue weighted by Crippen LogP contribution is 2.38. The Morgan fingerprint density at radius 2 is 1.96 bits per heavy atom. The van der Waals surface area contributed by atoms with Gasteiger partial charge in [0.05, 0.1) is 25.2 Å². The van der Waals surface area contributed by atoms with E-state index in [4.69, 9.17) is 9.47 Å². The van der Waals surface area contributed by atoms with Gasteiger partial charge in [0.15, 0.2) is 0 Å². The fourth-order valence-electron chi connectivity index (χ4n) is 2.90. The van der Waals surface area contributed by atoms with Gasteiger partial charge in [0, 0.05) is 20.2 Å². The molecule has 1 fully saturated rings. The molecule has 0 radical (unpaired) electrons. The van der Waals surface area contributed by atoms with Crippen molar-refractivity contribution < 1.29 is 9.47 Å². The molecule has 0 unspecified atom stereocenters. The van der Waals surface area contributed by atoms with Crippen molar-refractivity contribution in [1.82, 2.24) is 4.90 Å². The molecule has 0 N–H and O–H groups in total. The van der Waals surface area contributed by atoms with Crippen LogP contribution in [0.25, 0.3) is 0 Å². The quantitative estimate of drug-likeness (QED) is 0.383. The third-order valence-electron chi connectivity index (χ3n) is 4.72. The number of aliphatic imine (C=N–C) groups is 1. The van der Waals surface area contributed by atoms with Crippen molar-refractivity contribution in [2.75, 3.05) is 33.4 Å².